The summed E-state index contributed by atoms with van der Waals surface area (Å²) < 4.78 is 19.9. The van der Waals surface area contributed by atoms with Gasteiger partial charge in [0, 0.05) is 30.3 Å². The summed E-state index contributed by atoms with van der Waals surface area (Å²) >= 11 is 0. The number of carbonyl (C=O) groups excluding carboxylic acids is 1. The standard InChI is InChI=1S/C22H24FN3O4/c1-22(2)8-6-12-10-13(11-15(23)18(12)22)24-20(27)19-14-4-5-17(30-3)25-16(14)7-9-26(19)21(28)29/h4-5,10-11,19H,6-9H2,1-3H3,(H,24,27)(H,28,29)/t19-/m0/s1. The molecule has 2 amide bonds. The largest absolute Gasteiger partial charge is 0.481 e. The molecule has 4 rings (SSSR count). The molecule has 0 radical (unpaired) electrons. The first-order valence-corrected chi connectivity index (χ1v) is 9.88. The predicted octanol–water partition coefficient (Wildman–Crippen LogP) is 3.67. The SMILES string of the molecule is COc1ccc2c(n1)CCN(C(=O)O)[C@@H]2C(=O)Nc1cc(F)c2c(c1)CCC2(C)C. The van der Waals surface area contributed by atoms with Crippen LogP contribution in [-0.4, -0.2) is 40.6 Å². The van der Waals surface area contributed by atoms with Crippen molar-refractivity contribution in [3.63, 3.8) is 0 Å². The van der Waals surface area contributed by atoms with Crippen LogP contribution in [0.1, 0.15) is 48.7 Å². The number of nitrogens with zero attached hydrogens (tertiary/aromatic N) is 2. The van der Waals surface area contributed by atoms with Crippen LogP contribution >= 0.6 is 0 Å². The highest BCUT2D eigenvalue weighted by atomic mass is 19.1. The maximum atomic E-state index is 14.8. The summed E-state index contributed by atoms with van der Waals surface area (Å²) in [6.07, 6.45) is 0.761. The summed E-state index contributed by atoms with van der Waals surface area (Å²) in [5.74, 6) is -0.488. The summed E-state index contributed by atoms with van der Waals surface area (Å²) in [6.45, 7) is 4.14. The summed E-state index contributed by atoms with van der Waals surface area (Å²) in [7, 11) is 1.50. The minimum atomic E-state index is -1.20. The molecule has 0 fully saturated rings. The van der Waals surface area contributed by atoms with Gasteiger partial charge >= 0.3 is 6.09 Å². The van der Waals surface area contributed by atoms with Gasteiger partial charge in [0.1, 0.15) is 11.9 Å². The average molecular weight is 413 g/mol. The van der Waals surface area contributed by atoms with Gasteiger partial charge in [-0.25, -0.2) is 14.2 Å². The van der Waals surface area contributed by atoms with E-state index in [1.54, 1.807) is 18.2 Å². The van der Waals surface area contributed by atoms with Gasteiger partial charge in [0.05, 0.1) is 12.8 Å². The Morgan fingerprint density at radius 3 is 2.77 bits per heavy atom. The maximum Gasteiger partial charge on any atom is 0.408 e. The van der Waals surface area contributed by atoms with E-state index in [2.05, 4.69) is 10.3 Å². The molecule has 1 aromatic carbocycles. The predicted molar refractivity (Wildman–Crippen MR) is 108 cm³/mol. The summed E-state index contributed by atoms with van der Waals surface area (Å²) in [5.41, 5.74) is 2.77. The van der Waals surface area contributed by atoms with Crippen LogP contribution in [0.4, 0.5) is 14.9 Å². The normalized spacial score (nSPS) is 19.1. The van der Waals surface area contributed by atoms with E-state index in [0.29, 0.717) is 34.8 Å². The zero-order chi connectivity index (χ0) is 21.6. The maximum absolute atomic E-state index is 14.8. The smallest absolute Gasteiger partial charge is 0.408 e. The number of carbonyl (C=O) groups is 2. The molecule has 0 unspecified atom stereocenters. The Kier molecular flexibility index (Phi) is 4.88. The fraction of sp³-hybridized carbons (Fsp3) is 0.409. The van der Waals surface area contributed by atoms with Gasteiger partial charge in [-0.15, -0.1) is 0 Å². The lowest BCUT2D eigenvalue weighted by atomic mass is 9.86. The molecule has 1 aromatic heterocycles. The number of benzene rings is 1. The van der Waals surface area contributed by atoms with Crippen molar-refractivity contribution in [2.24, 2.45) is 0 Å². The van der Waals surface area contributed by atoms with Crippen molar-refractivity contribution in [1.29, 1.82) is 0 Å². The average Bonchev–Trinajstić information content (AvgIpc) is 3.01. The summed E-state index contributed by atoms with van der Waals surface area (Å²) in [4.78, 5) is 30.4. The van der Waals surface area contributed by atoms with Crippen LogP contribution in [0.15, 0.2) is 24.3 Å². The van der Waals surface area contributed by atoms with Gasteiger partial charge in [0.15, 0.2) is 0 Å². The van der Waals surface area contributed by atoms with Crippen LogP contribution in [0.5, 0.6) is 5.88 Å². The van der Waals surface area contributed by atoms with Gasteiger partial charge < -0.3 is 15.2 Å². The number of pyridine rings is 1. The molecule has 2 aliphatic rings. The van der Waals surface area contributed by atoms with E-state index < -0.39 is 18.0 Å². The Bertz CT molecular complexity index is 1040. The highest BCUT2D eigenvalue weighted by Gasteiger charge is 2.38. The first-order valence-electron chi connectivity index (χ1n) is 9.88. The third kappa shape index (κ3) is 3.36. The molecule has 8 heteroatoms. The van der Waals surface area contributed by atoms with Crippen molar-refractivity contribution in [3.8, 4) is 5.88 Å². The summed E-state index contributed by atoms with van der Waals surface area (Å²) in [5, 5.41) is 12.3. The first kappa shape index (κ1) is 20.1. The lowest BCUT2D eigenvalue weighted by molar-refractivity contribution is -0.121. The first-order chi connectivity index (χ1) is 14.2. The second-order valence-electron chi connectivity index (χ2n) is 8.38. The van der Waals surface area contributed by atoms with Gasteiger partial charge in [-0.05, 0) is 47.6 Å². The number of methoxy groups -OCH3 is 1. The molecule has 0 saturated carbocycles. The number of nitrogens with one attached hydrogen (secondary N) is 1. The molecule has 1 atom stereocenters. The number of aromatic nitrogens is 1. The number of halogens is 1. The molecule has 1 aliphatic carbocycles. The number of hydrogen-bond acceptors (Lipinski definition) is 4. The number of amides is 2. The van der Waals surface area contributed by atoms with Crippen LogP contribution in [0.25, 0.3) is 0 Å². The minimum Gasteiger partial charge on any atom is -0.481 e. The van der Waals surface area contributed by atoms with E-state index in [4.69, 9.17) is 4.74 Å². The Hall–Kier alpha value is -3.16. The van der Waals surface area contributed by atoms with Gasteiger partial charge in [0.2, 0.25) is 5.88 Å². The fourth-order valence-corrected chi connectivity index (χ4v) is 4.54. The van der Waals surface area contributed by atoms with Crippen LogP contribution in [0.3, 0.4) is 0 Å². The number of carboxylic acid groups (broad SMARTS) is 1. The lowest BCUT2D eigenvalue weighted by Gasteiger charge is -2.33. The molecule has 30 heavy (non-hydrogen) atoms. The highest BCUT2D eigenvalue weighted by Crippen LogP contribution is 2.41. The second kappa shape index (κ2) is 7.27. The Morgan fingerprint density at radius 2 is 2.07 bits per heavy atom. The molecule has 0 spiro atoms. The highest BCUT2D eigenvalue weighted by molar-refractivity contribution is 5.97. The quantitative estimate of drug-likeness (QED) is 0.801. The second-order valence-corrected chi connectivity index (χ2v) is 8.38. The van der Waals surface area contributed by atoms with E-state index in [1.165, 1.54) is 13.2 Å². The van der Waals surface area contributed by atoms with Crippen molar-refractivity contribution in [2.75, 3.05) is 19.0 Å². The molecular formula is C22H24FN3O4. The number of rotatable bonds is 3. The third-order valence-corrected chi connectivity index (χ3v) is 6.02. The molecule has 0 saturated heterocycles. The zero-order valence-electron chi connectivity index (χ0n) is 17.2. The monoisotopic (exact) mass is 413 g/mol. The van der Waals surface area contributed by atoms with E-state index in [0.717, 1.165) is 23.3 Å². The van der Waals surface area contributed by atoms with Crippen molar-refractivity contribution in [1.82, 2.24) is 9.88 Å². The van der Waals surface area contributed by atoms with Crippen molar-refractivity contribution in [3.05, 3.63) is 52.5 Å². The van der Waals surface area contributed by atoms with Crippen LogP contribution < -0.4 is 10.1 Å². The molecule has 0 bridgehead atoms. The molecule has 2 heterocycles. The van der Waals surface area contributed by atoms with Crippen LogP contribution in [-0.2, 0) is 23.1 Å². The van der Waals surface area contributed by atoms with Crippen LogP contribution in [0.2, 0.25) is 0 Å². The Labute approximate surface area is 173 Å². The van der Waals surface area contributed by atoms with E-state index in [1.807, 2.05) is 13.8 Å². The minimum absolute atomic E-state index is 0.132. The third-order valence-electron chi connectivity index (χ3n) is 6.02. The van der Waals surface area contributed by atoms with Crippen molar-refractivity contribution < 1.29 is 23.8 Å². The van der Waals surface area contributed by atoms with Crippen molar-refractivity contribution in [2.45, 2.75) is 44.6 Å². The number of fused-ring (bicyclic) bond motifs is 2. The lowest BCUT2D eigenvalue weighted by Crippen LogP contribution is -2.45. The van der Waals surface area contributed by atoms with E-state index in [9.17, 15) is 19.1 Å². The molecular weight excluding hydrogens is 389 g/mol. The van der Waals surface area contributed by atoms with Crippen molar-refractivity contribution >= 4 is 17.7 Å². The Morgan fingerprint density at radius 1 is 1.30 bits per heavy atom. The van der Waals surface area contributed by atoms with E-state index in [-0.39, 0.29) is 17.8 Å². The molecule has 1 aliphatic heterocycles. The van der Waals surface area contributed by atoms with Gasteiger partial charge in [-0.3, -0.25) is 9.69 Å². The van der Waals surface area contributed by atoms with Gasteiger partial charge in [-0.1, -0.05) is 13.8 Å². The molecule has 2 N–H and O–H groups in total. The van der Waals surface area contributed by atoms with E-state index >= 15 is 0 Å². The van der Waals surface area contributed by atoms with Crippen LogP contribution in [0, 0.1) is 5.82 Å². The number of hydrogen-bond donors (Lipinski definition) is 2. The molecule has 7 nitrogen and oxygen atoms in total. The van der Waals surface area contributed by atoms with Gasteiger partial charge in [0.25, 0.3) is 5.91 Å². The zero-order valence-corrected chi connectivity index (χ0v) is 17.2. The summed E-state index contributed by atoms with van der Waals surface area (Å²) in [6, 6.07) is 5.28. The van der Waals surface area contributed by atoms with Gasteiger partial charge in [-0.2, -0.15) is 0 Å². The number of anilines is 1. The fourth-order valence-electron chi connectivity index (χ4n) is 4.54. The molecule has 2 aromatic rings. The molecule has 158 valence electrons. The number of ether oxygens (including phenoxy) is 1. The topological polar surface area (TPSA) is 91.8 Å². The number of aryl methyl sites for hydroxylation is 1. The Balaban J connectivity index is 1.67.